The third-order valence-electron chi connectivity index (χ3n) is 4.41. The summed E-state index contributed by atoms with van der Waals surface area (Å²) in [5, 5.41) is 3.39. The average molecular weight is 434 g/mol. The molecule has 6 nitrogen and oxygen atoms in total. The van der Waals surface area contributed by atoms with Gasteiger partial charge >= 0.3 is 0 Å². The molecule has 2 aromatic carbocycles. The Morgan fingerprint density at radius 1 is 1.04 bits per heavy atom. The molecule has 0 saturated heterocycles. The first-order chi connectivity index (χ1) is 13.7. The van der Waals surface area contributed by atoms with Gasteiger partial charge in [-0.3, -0.25) is 4.79 Å². The van der Waals surface area contributed by atoms with E-state index in [0.717, 1.165) is 37.8 Å². The van der Waals surface area contributed by atoms with Crippen molar-refractivity contribution in [1.29, 1.82) is 0 Å². The molecule has 4 rings (SSSR count). The normalized spacial score (nSPS) is 10.8. The summed E-state index contributed by atoms with van der Waals surface area (Å²) in [7, 11) is 0. The number of nitrogens with zero attached hydrogens (tertiary/aromatic N) is 3. The molecule has 0 aliphatic carbocycles. The Morgan fingerprint density at radius 3 is 2.61 bits per heavy atom. The van der Waals surface area contributed by atoms with Crippen LogP contribution in [0.3, 0.4) is 0 Å². The zero-order chi connectivity index (χ0) is 19.5. The second-order valence-corrected chi connectivity index (χ2v) is 7.13. The number of rotatable bonds is 5. The van der Waals surface area contributed by atoms with Crippen LogP contribution in [0, 0.1) is 0 Å². The van der Waals surface area contributed by atoms with E-state index in [9.17, 15) is 4.79 Å². The molecule has 0 saturated carbocycles. The molecule has 0 unspecified atom stereocenters. The minimum absolute atomic E-state index is 0.398. The van der Waals surface area contributed by atoms with Gasteiger partial charge in [-0.05, 0) is 34.9 Å². The van der Waals surface area contributed by atoms with Crippen molar-refractivity contribution in [2.45, 2.75) is 6.54 Å². The van der Waals surface area contributed by atoms with Gasteiger partial charge in [0.05, 0.1) is 11.1 Å². The number of fused-ring (bicyclic) bond motifs is 1. The van der Waals surface area contributed by atoms with Crippen LogP contribution >= 0.6 is 15.9 Å². The number of amides is 1. The third-order valence-corrected chi connectivity index (χ3v) is 4.90. The van der Waals surface area contributed by atoms with Crippen molar-refractivity contribution in [3.63, 3.8) is 0 Å². The van der Waals surface area contributed by atoms with Crippen molar-refractivity contribution >= 4 is 39.2 Å². The smallest absolute Gasteiger partial charge is 0.207 e. The van der Waals surface area contributed by atoms with Crippen LogP contribution in [0.4, 0.5) is 5.82 Å². The van der Waals surface area contributed by atoms with Crippen LogP contribution < -0.4 is 11.1 Å². The van der Waals surface area contributed by atoms with Crippen LogP contribution in [0.15, 0.2) is 65.4 Å². The highest BCUT2D eigenvalue weighted by Crippen LogP contribution is 2.34. The number of hydrogen-bond acceptors (Lipinski definition) is 5. The van der Waals surface area contributed by atoms with Crippen molar-refractivity contribution in [3.8, 4) is 22.4 Å². The van der Waals surface area contributed by atoms with Gasteiger partial charge in [0.2, 0.25) is 6.41 Å². The van der Waals surface area contributed by atoms with E-state index in [1.807, 2.05) is 54.6 Å². The third kappa shape index (κ3) is 3.57. The lowest BCUT2D eigenvalue weighted by Crippen LogP contribution is -2.09. The molecule has 7 heteroatoms. The fraction of sp³-hybridized carbons (Fsp3) is 0.0476. The zero-order valence-corrected chi connectivity index (χ0v) is 16.3. The van der Waals surface area contributed by atoms with Crippen LogP contribution in [-0.2, 0) is 11.3 Å². The minimum Gasteiger partial charge on any atom is -0.383 e. The Balaban J connectivity index is 1.87. The predicted octanol–water partition coefficient (Wildman–Crippen LogP) is 3.95. The second kappa shape index (κ2) is 7.74. The van der Waals surface area contributed by atoms with Gasteiger partial charge in [-0.25, -0.2) is 15.0 Å². The van der Waals surface area contributed by atoms with Crippen LogP contribution in [0.25, 0.3) is 33.4 Å². The molecule has 4 aromatic rings. The van der Waals surface area contributed by atoms with Gasteiger partial charge < -0.3 is 11.1 Å². The zero-order valence-electron chi connectivity index (χ0n) is 14.8. The summed E-state index contributed by atoms with van der Waals surface area (Å²) < 4.78 is 0.971. The lowest BCUT2D eigenvalue weighted by atomic mass is 9.99. The summed E-state index contributed by atoms with van der Waals surface area (Å²) in [5.41, 5.74) is 11.4. The van der Waals surface area contributed by atoms with Crippen molar-refractivity contribution in [1.82, 2.24) is 20.3 Å². The van der Waals surface area contributed by atoms with Gasteiger partial charge in [-0.15, -0.1) is 0 Å². The van der Waals surface area contributed by atoms with E-state index in [1.165, 1.54) is 6.33 Å². The number of carbonyl (C=O) groups is 1. The Morgan fingerprint density at radius 2 is 1.86 bits per heavy atom. The van der Waals surface area contributed by atoms with Crippen molar-refractivity contribution in [2.75, 3.05) is 5.73 Å². The predicted molar refractivity (Wildman–Crippen MR) is 113 cm³/mol. The number of halogens is 1. The van der Waals surface area contributed by atoms with Gasteiger partial charge in [-0.2, -0.15) is 0 Å². The molecule has 2 aromatic heterocycles. The van der Waals surface area contributed by atoms with Gasteiger partial charge in [0.1, 0.15) is 12.1 Å². The summed E-state index contributed by atoms with van der Waals surface area (Å²) >= 11 is 3.53. The number of nitrogens with one attached hydrogen (secondary N) is 1. The number of nitrogen functional groups attached to an aromatic ring is 1. The van der Waals surface area contributed by atoms with Crippen LogP contribution in [0.5, 0.6) is 0 Å². The SMILES string of the molecule is Nc1ncnc2nc(-c3ccc(CNC=O)cc3)cc(-c3cccc(Br)c3)c12. The number of pyridine rings is 1. The molecule has 0 bridgehead atoms. The first-order valence-electron chi connectivity index (χ1n) is 8.59. The fourth-order valence-electron chi connectivity index (χ4n) is 3.07. The van der Waals surface area contributed by atoms with Crippen molar-refractivity contribution in [2.24, 2.45) is 0 Å². The lowest BCUT2D eigenvalue weighted by Gasteiger charge is -2.11. The molecule has 0 atom stereocenters. The molecular weight excluding hydrogens is 418 g/mol. The van der Waals surface area contributed by atoms with E-state index in [2.05, 4.69) is 31.2 Å². The summed E-state index contributed by atoms with van der Waals surface area (Å²) in [4.78, 5) is 23.6. The van der Waals surface area contributed by atoms with E-state index in [4.69, 9.17) is 10.7 Å². The van der Waals surface area contributed by atoms with E-state index >= 15 is 0 Å². The van der Waals surface area contributed by atoms with Gasteiger partial charge in [0.15, 0.2) is 5.65 Å². The van der Waals surface area contributed by atoms with Gasteiger partial charge in [0.25, 0.3) is 0 Å². The number of benzene rings is 2. The molecule has 1 amide bonds. The second-order valence-electron chi connectivity index (χ2n) is 6.22. The summed E-state index contributed by atoms with van der Waals surface area (Å²) in [6, 6.07) is 17.9. The number of hydrogen-bond donors (Lipinski definition) is 2. The number of aromatic nitrogens is 3. The highest BCUT2D eigenvalue weighted by atomic mass is 79.9. The van der Waals surface area contributed by atoms with E-state index < -0.39 is 0 Å². The van der Waals surface area contributed by atoms with Crippen LogP contribution in [0.1, 0.15) is 5.56 Å². The molecule has 2 heterocycles. The van der Waals surface area contributed by atoms with Crippen LogP contribution in [0.2, 0.25) is 0 Å². The van der Waals surface area contributed by atoms with Crippen molar-refractivity contribution in [3.05, 3.63) is 71.0 Å². The summed E-state index contributed by atoms with van der Waals surface area (Å²) in [6.07, 6.45) is 2.11. The first kappa shape index (κ1) is 18.1. The Labute approximate surface area is 170 Å². The molecule has 0 aliphatic heterocycles. The van der Waals surface area contributed by atoms with Gasteiger partial charge in [-0.1, -0.05) is 52.3 Å². The molecule has 138 valence electrons. The van der Waals surface area contributed by atoms with Gasteiger partial charge in [0, 0.05) is 16.6 Å². The minimum atomic E-state index is 0.398. The van der Waals surface area contributed by atoms with Crippen LogP contribution in [-0.4, -0.2) is 21.4 Å². The Kier molecular flexibility index (Phi) is 4.99. The molecule has 0 radical (unpaired) electrons. The Hall–Kier alpha value is -3.32. The molecule has 28 heavy (non-hydrogen) atoms. The maximum absolute atomic E-state index is 10.5. The maximum atomic E-state index is 10.5. The standard InChI is InChI=1S/C21H16BrN5O/c22-16-3-1-2-15(8-16)17-9-18(27-21-19(17)20(23)25-11-26-21)14-6-4-13(5-7-14)10-24-12-28/h1-9,11-12H,10H2,(H,24,28)(H2,23,25,26,27). The fourth-order valence-corrected chi connectivity index (χ4v) is 3.47. The number of anilines is 1. The molecular formula is C21H16BrN5O. The van der Waals surface area contributed by atoms with E-state index in [-0.39, 0.29) is 0 Å². The molecule has 0 fully saturated rings. The molecule has 0 spiro atoms. The van der Waals surface area contributed by atoms with E-state index in [1.54, 1.807) is 0 Å². The number of carbonyl (C=O) groups excluding carboxylic acids is 1. The maximum Gasteiger partial charge on any atom is 0.207 e. The Bertz CT molecular complexity index is 1160. The first-order valence-corrected chi connectivity index (χ1v) is 9.38. The highest BCUT2D eigenvalue weighted by Gasteiger charge is 2.14. The molecule has 0 aliphatic rings. The summed E-state index contributed by atoms with van der Waals surface area (Å²) in [5.74, 6) is 0.398. The van der Waals surface area contributed by atoms with E-state index in [0.29, 0.717) is 24.4 Å². The average Bonchev–Trinajstić information content (AvgIpc) is 2.72. The highest BCUT2D eigenvalue weighted by molar-refractivity contribution is 9.10. The quantitative estimate of drug-likeness (QED) is 0.464. The lowest BCUT2D eigenvalue weighted by molar-refractivity contribution is -0.109. The number of nitrogens with two attached hydrogens (primary N) is 1. The summed E-state index contributed by atoms with van der Waals surface area (Å²) in [6.45, 7) is 0.488. The monoisotopic (exact) mass is 433 g/mol. The molecule has 3 N–H and O–H groups in total. The largest absolute Gasteiger partial charge is 0.383 e. The topological polar surface area (TPSA) is 93.8 Å². The van der Waals surface area contributed by atoms with Crippen molar-refractivity contribution < 1.29 is 4.79 Å².